The normalized spacial score (nSPS) is 18.1. The van der Waals surface area contributed by atoms with Gasteiger partial charge in [-0.15, -0.1) is 10.2 Å². The molecule has 1 saturated heterocycles. The molecule has 0 unspecified atom stereocenters. The zero-order valence-corrected chi connectivity index (χ0v) is 18.6. The van der Waals surface area contributed by atoms with Crippen LogP contribution in [-0.2, 0) is 0 Å². The molecule has 0 amide bonds. The highest BCUT2D eigenvalue weighted by atomic mass is 16.3. The summed E-state index contributed by atoms with van der Waals surface area (Å²) < 4.78 is 0. The van der Waals surface area contributed by atoms with Crippen LogP contribution < -0.4 is 10.2 Å². The van der Waals surface area contributed by atoms with Crippen molar-refractivity contribution in [3.05, 3.63) is 36.7 Å². The summed E-state index contributed by atoms with van der Waals surface area (Å²) in [5.41, 5.74) is 2.17. The average molecular weight is 423 g/mol. The molecule has 3 aromatic rings. The lowest BCUT2D eigenvalue weighted by atomic mass is 9.79. The van der Waals surface area contributed by atoms with E-state index in [0.29, 0.717) is 17.3 Å². The fourth-order valence-corrected chi connectivity index (χ4v) is 4.83. The molecule has 31 heavy (non-hydrogen) atoms. The number of H-pyrrole nitrogens is 1. The molecule has 1 aliphatic heterocycles. The van der Waals surface area contributed by atoms with Crippen molar-refractivity contribution in [3.8, 4) is 33.9 Å². The van der Waals surface area contributed by atoms with Crippen molar-refractivity contribution < 1.29 is 10.2 Å². The van der Waals surface area contributed by atoms with Crippen LogP contribution in [0, 0.1) is 0 Å². The minimum atomic E-state index is -0.0616. The number of hydrogen-bond donors (Lipinski definition) is 4. The maximum atomic E-state index is 10.5. The summed E-state index contributed by atoms with van der Waals surface area (Å²) in [5.74, 6) is 0.637. The zero-order chi connectivity index (χ0) is 22.4. The number of benzene rings is 1. The molecule has 4 N–H and O–H groups in total. The number of anilines is 1. The van der Waals surface area contributed by atoms with Gasteiger partial charge in [-0.05, 0) is 70.4 Å². The molecule has 164 valence electrons. The quantitative estimate of drug-likeness (QED) is 0.507. The van der Waals surface area contributed by atoms with Gasteiger partial charge in [0, 0.05) is 35.9 Å². The van der Waals surface area contributed by atoms with E-state index in [-0.39, 0.29) is 28.1 Å². The average Bonchev–Trinajstić information content (AvgIpc) is 3.20. The highest BCUT2D eigenvalue weighted by Gasteiger charge is 2.39. The van der Waals surface area contributed by atoms with Crippen molar-refractivity contribution in [3.63, 3.8) is 0 Å². The molecule has 0 bridgehead atoms. The standard InChI is InChI=1S/C23H30N6O2/c1-22(2)10-16(11-23(3,4)28-22)29(5)20-7-6-17(26-27-20)21-18(30)8-14(9-19(21)31)15-12-24-25-13-15/h6-9,12-13,16,28,30-31H,10-11H2,1-5H3,(H,24,25). The summed E-state index contributed by atoms with van der Waals surface area (Å²) in [6, 6.07) is 7.15. The van der Waals surface area contributed by atoms with Crippen LogP contribution in [0.4, 0.5) is 5.82 Å². The van der Waals surface area contributed by atoms with Gasteiger partial charge in [-0.3, -0.25) is 5.10 Å². The van der Waals surface area contributed by atoms with Gasteiger partial charge in [-0.1, -0.05) is 0 Å². The van der Waals surface area contributed by atoms with Gasteiger partial charge in [0.05, 0.1) is 11.8 Å². The number of rotatable bonds is 4. The molecule has 0 radical (unpaired) electrons. The van der Waals surface area contributed by atoms with Gasteiger partial charge in [0.25, 0.3) is 0 Å². The van der Waals surface area contributed by atoms with Gasteiger partial charge in [-0.2, -0.15) is 5.10 Å². The lowest BCUT2D eigenvalue weighted by molar-refractivity contribution is 0.160. The van der Waals surface area contributed by atoms with E-state index in [4.69, 9.17) is 0 Å². The summed E-state index contributed by atoms with van der Waals surface area (Å²) in [7, 11) is 2.04. The molecule has 2 aromatic heterocycles. The number of nitrogens with zero attached hydrogens (tertiary/aromatic N) is 4. The number of aromatic nitrogens is 4. The molecular weight excluding hydrogens is 392 g/mol. The van der Waals surface area contributed by atoms with Crippen molar-refractivity contribution in [2.45, 2.75) is 57.7 Å². The van der Waals surface area contributed by atoms with E-state index < -0.39 is 0 Å². The van der Waals surface area contributed by atoms with E-state index in [0.717, 1.165) is 24.2 Å². The number of piperidine rings is 1. The number of aromatic amines is 1. The molecule has 0 aliphatic carbocycles. The fourth-order valence-electron chi connectivity index (χ4n) is 4.83. The van der Waals surface area contributed by atoms with Gasteiger partial charge in [0.15, 0.2) is 5.82 Å². The molecule has 0 spiro atoms. The van der Waals surface area contributed by atoms with Crippen LogP contribution >= 0.6 is 0 Å². The van der Waals surface area contributed by atoms with Crippen molar-refractivity contribution in [2.24, 2.45) is 0 Å². The van der Waals surface area contributed by atoms with Gasteiger partial charge in [0.1, 0.15) is 17.2 Å². The summed E-state index contributed by atoms with van der Waals surface area (Å²) in [6.45, 7) is 8.90. The van der Waals surface area contributed by atoms with Crippen molar-refractivity contribution in [1.29, 1.82) is 0 Å². The Morgan fingerprint density at radius 1 is 0.968 bits per heavy atom. The molecule has 1 fully saturated rings. The van der Waals surface area contributed by atoms with Crippen LogP contribution in [-0.4, -0.2) is 54.8 Å². The zero-order valence-electron chi connectivity index (χ0n) is 18.6. The third-order valence-electron chi connectivity index (χ3n) is 5.91. The van der Waals surface area contributed by atoms with Crippen LogP contribution in [0.1, 0.15) is 40.5 Å². The minimum absolute atomic E-state index is 0.0301. The molecule has 0 atom stereocenters. The van der Waals surface area contributed by atoms with Crippen LogP contribution in [0.5, 0.6) is 11.5 Å². The second-order valence-corrected chi connectivity index (χ2v) is 9.72. The Morgan fingerprint density at radius 2 is 1.61 bits per heavy atom. The summed E-state index contributed by atoms with van der Waals surface area (Å²) >= 11 is 0. The number of aromatic hydroxyl groups is 2. The molecular formula is C23H30N6O2. The third-order valence-corrected chi connectivity index (χ3v) is 5.91. The number of phenolic OH excluding ortho intramolecular Hbond substituents is 2. The molecule has 0 saturated carbocycles. The van der Waals surface area contributed by atoms with E-state index in [9.17, 15) is 10.2 Å². The SMILES string of the molecule is CN(c1ccc(-c2c(O)cc(-c3cn[nH]c3)cc2O)nn1)C1CC(C)(C)NC(C)(C)C1. The van der Waals surface area contributed by atoms with E-state index in [2.05, 4.69) is 58.3 Å². The maximum Gasteiger partial charge on any atom is 0.151 e. The van der Waals surface area contributed by atoms with E-state index in [1.807, 2.05) is 13.1 Å². The van der Waals surface area contributed by atoms with Crippen molar-refractivity contribution >= 4 is 5.82 Å². The monoisotopic (exact) mass is 422 g/mol. The summed E-state index contributed by atoms with van der Waals surface area (Å²) in [6.07, 6.45) is 5.31. The van der Waals surface area contributed by atoms with Crippen molar-refractivity contribution in [1.82, 2.24) is 25.7 Å². The maximum absolute atomic E-state index is 10.5. The van der Waals surface area contributed by atoms with Crippen LogP contribution in [0.15, 0.2) is 36.7 Å². The van der Waals surface area contributed by atoms with E-state index in [1.165, 1.54) is 0 Å². The van der Waals surface area contributed by atoms with Crippen molar-refractivity contribution in [2.75, 3.05) is 11.9 Å². The van der Waals surface area contributed by atoms with Gasteiger partial charge >= 0.3 is 0 Å². The molecule has 1 aromatic carbocycles. The predicted octanol–water partition coefficient (Wildman–Crippen LogP) is 3.69. The Morgan fingerprint density at radius 3 is 2.13 bits per heavy atom. The third kappa shape index (κ3) is 4.34. The lowest BCUT2D eigenvalue weighted by Gasteiger charge is -2.49. The van der Waals surface area contributed by atoms with Gasteiger partial charge in [-0.25, -0.2) is 0 Å². The second kappa shape index (κ2) is 7.53. The number of nitrogens with one attached hydrogen (secondary N) is 2. The Bertz CT molecular complexity index is 1020. The minimum Gasteiger partial charge on any atom is -0.507 e. The molecule has 4 rings (SSSR count). The van der Waals surface area contributed by atoms with Gasteiger partial charge < -0.3 is 20.4 Å². The smallest absolute Gasteiger partial charge is 0.151 e. The lowest BCUT2D eigenvalue weighted by Crippen LogP contribution is -2.62. The fraction of sp³-hybridized carbons (Fsp3) is 0.435. The van der Waals surface area contributed by atoms with Crippen LogP contribution in [0.3, 0.4) is 0 Å². The predicted molar refractivity (Wildman–Crippen MR) is 121 cm³/mol. The van der Waals surface area contributed by atoms with Crippen LogP contribution in [0.2, 0.25) is 0 Å². The molecule has 8 nitrogen and oxygen atoms in total. The Hall–Kier alpha value is -3.13. The summed E-state index contributed by atoms with van der Waals surface area (Å²) in [4.78, 5) is 2.17. The first-order valence-corrected chi connectivity index (χ1v) is 10.5. The highest BCUT2D eigenvalue weighted by Crippen LogP contribution is 2.40. The van der Waals surface area contributed by atoms with E-state index in [1.54, 1.807) is 30.6 Å². The highest BCUT2D eigenvalue weighted by molar-refractivity contribution is 5.79. The molecule has 3 heterocycles. The molecule has 8 heteroatoms. The first-order chi connectivity index (χ1) is 14.5. The topological polar surface area (TPSA) is 110 Å². The first-order valence-electron chi connectivity index (χ1n) is 10.5. The Labute approximate surface area is 182 Å². The first kappa shape index (κ1) is 21.1. The summed E-state index contributed by atoms with van der Waals surface area (Å²) in [5, 5.41) is 40.1. The van der Waals surface area contributed by atoms with E-state index >= 15 is 0 Å². The van der Waals surface area contributed by atoms with Gasteiger partial charge in [0.2, 0.25) is 0 Å². The largest absolute Gasteiger partial charge is 0.507 e. The number of phenols is 2. The Balaban J connectivity index is 1.59. The second-order valence-electron chi connectivity index (χ2n) is 9.72. The van der Waals surface area contributed by atoms with Crippen LogP contribution in [0.25, 0.3) is 22.4 Å². The Kier molecular flexibility index (Phi) is 5.13. The molecule has 1 aliphatic rings. The number of hydrogen-bond acceptors (Lipinski definition) is 7.